The van der Waals surface area contributed by atoms with Crippen LogP contribution in [-0.4, -0.2) is 31.9 Å². The summed E-state index contributed by atoms with van der Waals surface area (Å²) in [7, 11) is 3.21. The maximum atomic E-state index is 11.3. The van der Waals surface area contributed by atoms with Crippen LogP contribution in [0.1, 0.15) is 12.5 Å². The zero-order chi connectivity index (χ0) is 17.4. The molecular formula is C17H21N3O4. The molecule has 0 spiro atoms. The van der Waals surface area contributed by atoms with Crippen LogP contribution in [0.25, 0.3) is 0 Å². The van der Waals surface area contributed by atoms with Crippen LogP contribution in [0.4, 0.5) is 16.3 Å². The highest BCUT2D eigenvalue weighted by Gasteiger charge is 2.05. The van der Waals surface area contributed by atoms with Crippen molar-refractivity contribution in [2.24, 2.45) is 0 Å². The van der Waals surface area contributed by atoms with E-state index in [4.69, 9.17) is 14.2 Å². The van der Waals surface area contributed by atoms with Crippen LogP contribution in [0, 0.1) is 0 Å². The van der Waals surface area contributed by atoms with E-state index in [0.29, 0.717) is 36.2 Å². The van der Waals surface area contributed by atoms with Gasteiger partial charge in [-0.15, -0.1) is 0 Å². The number of rotatable bonds is 7. The first kappa shape index (κ1) is 17.4. The van der Waals surface area contributed by atoms with Gasteiger partial charge in [-0.2, -0.15) is 0 Å². The van der Waals surface area contributed by atoms with Crippen LogP contribution in [-0.2, 0) is 11.3 Å². The molecule has 0 aliphatic rings. The molecule has 0 aliphatic heterocycles. The molecule has 2 rings (SSSR count). The molecule has 0 atom stereocenters. The van der Waals surface area contributed by atoms with Gasteiger partial charge in [-0.25, -0.2) is 9.78 Å². The molecule has 0 radical (unpaired) electrons. The molecule has 0 unspecified atom stereocenters. The molecule has 1 aromatic heterocycles. The van der Waals surface area contributed by atoms with E-state index >= 15 is 0 Å². The minimum absolute atomic E-state index is 0.324. The van der Waals surface area contributed by atoms with Gasteiger partial charge in [0.15, 0.2) is 11.5 Å². The third-order valence-corrected chi connectivity index (χ3v) is 3.21. The monoisotopic (exact) mass is 331 g/mol. The maximum absolute atomic E-state index is 11.3. The number of hydrogen-bond donors (Lipinski definition) is 2. The van der Waals surface area contributed by atoms with Crippen LogP contribution < -0.4 is 20.1 Å². The molecule has 128 valence electrons. The number of nitrogens with zero attached hydrogens (tertiary/aromatic N) is 1. The van der Waals surface area contributed by atoms with Crippen molar-refractivity contribution in [1.29, 1.82) is 0 Å². The largest absolute Gasteiger partial charge is 0.493 e. The second kappa shape index (κ2) is 8.61. The van der Waals surface area contributed by atoms with Gasteiger partial charge in [0.1, 0.15) is 5.82 Å². The quantitative estimate of drug-likeness (QED) is 0.810. The first-order valence-corrected chi connectivity index (χ1v) is 7.51. The minimum atomic E-state index is -0.495. The number of carbonyl (C=O) groups excluding carboxylic acids is 1. The van der Waals surface area contributed by atoms with Crippen LogP contribution in [0.3, 0.4) is 0 Å². The molecule has 0 saturated carbocycles. The Kier molecular flexibility index (Phi) is 6.24. The zero-order valence-corrected chi connectivity index (χ0v) is 14.0. The molecule has 7 nitrogen and oxygen atoms in total. The maximum Gasteiger partial charge on any atom is 0.411 e. The van der Waals surface area contributed by atoms with E-state index in [2.05, 4.69) is 15.6 Å². The SMILES string of the molecule is CCOC(=O)Nc1ccc(NCc2ccc(OC)c(OC)c2)nc1. The van der Waals surface area contributed by atoms with Gasteiger partial charge < -0.3 is 19.5 Å². The molecule has 24 heavy (non-hydrogen) atoms. The van der Waals surface area contributed by atoms with E-state index in [9.17, 15) is 4.79 Å². The molecule has 0 aliphatic carbocycles. The number of aromatic nitrogens is 1. The summed E-state index contributed by atoms with van der Waals surface area (Å²) >= 11 is 0. The highest BCUT2D eigenvalue weighted by molar-refractivity contribution is 5.84. The number of hydrogen-bond acceptors (Lipinski definition) is 6. The highest BCUT2D eigenvalue weighted by atomic mass is 16.5. The first-order valence-electron chi connectivity index (χ1n) is 7.51. The van der Waals surface area contributed by atoms with Gasteiger partial charge in [0.2, 0.25) is 0 Å². The average molecular weight is 331 g/mol. The van der Waals surface area contributed by atoms with Crippen molar-refractivity contribution in [3.05, 3.63) is 42.1 Å². The number of carbonyl (C=O) groups is 1. The van der Waals surface area contributed by atoms with Gasteiger partial charge >= 0.3 is 6.09 Å². The fourth-order valence-corrected chi connectivity index (χ4v) is 2.04. The Bertz CT molecular complexity index is 674. The number of amides is 1. The smallest absolute Gasteiger partial charge is 0.411 e. The van der Waals surface area contributed by atoms with E-state index in [0.717, 1.165) is 5.56 Å². The van der Waals surface area contributed by atoms with Crippen molar-refractivity contribution in [3.63, 3.8) is 0 Å². The summed E-state index contributed by atoms with van der Waals surface area (Å²) < 4.78 is 15.3. The molecule has 0 saturated heterocycles. The fourth-order valence-electron chi connectivity index (χ4n) is 2.04. The number of benzene rings is 1. The van der Waals surface area contributed by atoms with E-state index < -0.39 is 6.09 Å². The normalized spacial score (nSPS) is 9.96. The van der Waals surface area contributed by atoms with E-state index in [-0.39, 0.29) is 0 Å². The molecule has 2 N–H and O–H groups in total. The Balaban J connectivity index is 1.93. The predicted octanol–water partition coefficient (Wildman–Crippen LogP) is 3.28. The van der Waals surface area contributed by atoms with Crippen molar-refractivity contribution in [2.45, 2.75) is 13.5 Å². The van der Waals surface area contributed by atoms with Crippen LogP contribution in [0.15, 0.2) is 36.5 Å². The Morgan fingerprint density at radius 1 is 1.12 bits per heavy atom. The summed E-state index contributed by atoms with van der Waals surface area (Å²) in [5.74, 6) is 2.06. The van der Waals surface area contributed by atoms with Gasteiger partial charge in [-0.1, -0.05) is 6.07 Å². The third kappa shape index (κ3) is 4.77. The molecule has 2 aromatic rings. The number of pyridine rings is 1. The summed E-state index contributed by atoms with van der Waals surface area (Å²) in [5, 5.41) is 5.79. The summed E-state index contributed by atoms with van der Waals surface area (Å²) in [6, 6.07) is 9.24. The highest BCUT2D eigenvalue weighted by Crippen LogP contribution is 2.27. The Morgan fingerprint density at radius 3 is 2.54 bits per heavy atom. The third-order valence-electron chi connectivity index (χ3n) is 3.21. The molecule has 1 aromatic carbocycles. The standard InChI is InChI=1S/C17H21N3O4/c1-4-24-17(21)20-13-6-8-16(19-11-13)18-10-12-5-7-14(22-2)15(9-12)23-3/h5-9,11H,4,10H2,1-3H3,(H,18,19)(H,20,21). The van der Waals surface area contributed by atoms with Crippen LogP contribution in [0.5, 0.6) is 11.5 Å². The summed E-state index contributed by atoms with van der Waals surface area (Å²) in [6.45, 7) is 2.65. The van der Waals surface area contributed by atoms with Crippen molar-refractivity contribution in [3.8, 4) is 11.5 Å². The predicted molar refractivity (Wildman–Crippen MR) is 91.8 cm³/mol. The summed E-state index contributed by atoms with van der Waals surface area (Å²) in [5.41, 5.74) is 1.60. The molecule has 7 heteroatoms. The van der Waals surface area contributed by atoms with Crippen molar-refractivity contribution < 1.29 is 19.0 Å². The van der Waals surface area contributed by atoms with Gasteiger partial charge in [0.05, 0.1) is 32.7 Å². The molecule has 1 amide bonds. The lowest BCUT2D eigenvalue weighted by atomic mass is 10.2. The number of methoxy groups -OCH3 is 2. The first-order chi connectivity index (χ1) is 11.7. The second-order valence-corrected chi connectivity index (χ2v) is 4.82. The molecule has 1 heterocycles. The van der Waals surface area contributed by atoms with E-state index in [1.807, 2.05) is 18.2 Å². The van der Waals surface area contributed by atoms with Gasteiger partial charge in [0, 0.05) is 6.54 Å². The van der Waals surface area contributed by atoms with Crippen molar-refractivity contribution in [1.82, 2.24) is 4.98 Å². The molecular weight excluding hydrogens is 310 g/mol. The summed E-state index contributed by atoms with van der Waals surface area (Å²) in [4.78, 5) is 15.6. The number of nitrogens with one attached hydrogen (secondary N) is 2. The van der Waals surface area contributed by atoms with Gasteiger partial charge in [-0.05, 0) is 36.8 Å². The lowest BCUT2D eigenvalue weighted by molar-refractivity contribution is 0.168. The van der Waals surface area contributed by atoms with Crippen LogP contribution in [0.2, 0.25) is 0 Å². The van der Waals surface area contributed by atoms with Crippen molar-refractivity contribution in [2.75, 3.05) is 31.5 Å². The Hall–Kier alpha value is -2.96. The lowest BCUT2D eigenvalue weighted by Crippen LogP contribution is -2.13. The van der Waals surface area contributed by atoms with Crippen LogP contribution >= 0.6 is 0 Å². The summed E-state index contributed by atoms with van der Waals surface area (Å²) in [6.07, 6.45) is 1.07. The number of anilines is 2. The van der Waals surface area contributed by atoms with E-state index in [1.54, 1.807) is 39.5 Å². The van der Waals surface area contributed by atoms with Gasteiger partial charge in [-0.3, -0.25) is 5.32 Å². The minimum Gasteiger partial charge on any atom is -0.493 e. The van der Waals surface area contributed by atoms with Gasteiger partial charge in [0.25, 0.3) is 0 Å². The fraction of sp³-hybridized carbons (Fsp3) is 0.294. The molecule has 0 bridgehead atoms. The Labute approximate surface area is 140 Å². The topological polar surface area (TPSA) is 81.7 Å². The number of ether oxygens (including phenoxy) is 3. The van der Waals surface area contributed by atoms with Crippen molar-refractivity contribution >= 4 is 17.6 Å². The Morgan fingerprint density at radius 2 is 1.92 bits per heavy atom. The second-order valence-electron chi connectivity index (χ2n) is 4.82. The molecule has 0 fully saturated rings. The average Bonchev–Trinajstić information content (AvgIpc) is 2.61. The van der Waals surface area contributed by atoms with E-state index in [1.165, 1.54) is 0 Å². The zero-order valence-electron chi connectivity index (χ0n) is 14.0. The lowest BCUT2D eigenvalue weighted by Gasteiger charge is -2.11.